The van der Waals surface area contributed by atoms with E-state index in [9.17, 15) is 8.42 Å². The van der Waals surface area contributed by atoms with Gasteiger partial charge in [0.2, 0.25) is 21.7 Å². The smallest absolute Gasteiger partial charge is 0.244 e. The van der Waals surface area contributed by atoms with E-state index in [0.29, 0.717) is 17.1 Å². The Kier molecular flexibility index (Phi) is 5.40. The number of aromatic nitrogens is 2. The Morgan fingerprint density at radius 1 is 1.15 bits per heavy atom. The van der Waals surface area contributed by atoms with Gasteiger partial charge in [-0.05, 0) is 43.3 Å². The predicted octanol–water partition coefficient (Wildman–Crippen LogP) is 3.55. The lowest BCUT2D eigenvalue weighted by Gasteiger charge is -2.10. The summed E-state index contributed by atoms with van der Waals surface area (Å²) in [7, 11) is -2.17. The lowest BCUT2D eigenvalue weighted by atomic mass is 10.2. The van der Waals surface area contributed by atoms with Crippen molar-refractivity contribution >= 4 is 26.0 Å². The number of sulfonamides is 1. The van der Waals surface area contributed by atoms with Gasteiger partial charge in [0.25, 0.3) is 0 Å². The maximum Gasteiger partial charge on any atom is 0.244 e. The molecule has 0 bridgehead atoms. The van der Waals surface area contributed by atoms with Gasteiger partial charge in [0.05, 0.1) is 23.6 Å². The van der Waals surface area contributed by atoms with Gasteiger partial charge >= 0.3 is 0 Å². The molecule has 0 radical (unpaired) electrons. The molecule has 136 valence electrons. The van der Waals surface area contributed by atoms with E-state index in [0.717, 1.165) is 4.47 Å². The third-order valence-electron chi connectivity index (χ3n) is 3.62. The Morgan fingerprint density at radius 3 is 2.54 bits per heavy atom. The summed E-state index contributed by atoms with van der Waals surface area (Å²) < 4.78 is 38.8. The molecule has 0 saturated heterocycles. The number of methoxy groups -OCH3 is 1. The van der Waals surface area contributed by atoms with E-state index in [-0.39, 0.29) is 10.8 Å². The molecule has 2 aromatic carbocycles. The Labute approximate surface area is 159 Å². The first-order valence-electron chi connectivity index (χ1n) is 7.65. The maximum atomic E-state index is 12.5. The summed E-state index contributed by atoms with van der Waals surface area (Å²) in [6, 6.07) is 12.9. The van der Waals surface area contributed by atoms with Crippen LogP contribution in [0.15, 0.2) is 62.4 Å². The average Bonchev–Trinajstić information content (AvgIpc) is 3.12. The van der Waals surface area contributed by atoms with Crippen molar-refractivity contribution in [1.29, 1.82) is 0 Å². The Hall–Kier alpha value is -2.23. The highest BCUT2D eigenvalue weighted by Gasteiger charge is 2.23. The van der Waals surface area contributed by atoms with Crippen LogP contribution in [0, 0.1) is 0 Å². The molecule has 1 heterocycles. The fourth-order valence-electron chi connectivity index (χ4n) is 2.31. The highest BCUT2D eigenvalue weighted by Crippen LogP contribution is 2.28. The third kappa shape index (κ3) is 3.95. The molecule has 0 amide bonds. The molecule has 0 unspecified atom stereocenters. The molecule has 3 aromatic rings. The van der Waals surface area contributed by atoms with Crippen LogP contribution in [0.2, 0.25) is 0 Å². The van der Waals surface area contributed by atoms with Gasteiger partial charge in [0.15, 0.2) is 0 Å². The van der Waals surface area contributed by atoms with Crippen molar-refractivity contribution in [3.05, 3.63) is 58.9 Å². The van der Waals surface area contributed by atoms with Gasteiger partial charge in [-0.2, -0.15) is 9.71 Å². The molecule has 0 spiro atoms. The summed E-state index contributed by atoms with van der Waals surface area (Å²) in [6.45, 7) is 1.63. The Morgan fingerprint density at radius 2 is 1.85 bits per heavy atom. The van der Waals surface area contributed by atoms with Crippen LogP contribution in [-0.4, -0.2) is 25.7 Å². The van der Waals surface area contributed by atoms with Crippen LogP contribution in [0.3, 0.4) is 0 Å². The van der Waals surface area contributed by atoms with E-state index in [1.54, 1.807) is 38.3 Å². The van der Waals surface area contributed by atoms with Gasteiger partial charge in [0, 0.05) is 4.47 Å². The summed E-state index contributed by atoms with van der Waals surface area (Å²) in [6.07, 6.45) is 0. The van der Waals surface area contributed by atoms with Crippen molar-refractivity contribution in [3.63, 3.8) is 0 Å². The average molecular weight is 438 g/mol. The van der Waals surface area contributed by atoms with Crippen LogP contribution in [-0.2, 0) is 10.0 Å². The fraction of sp³-hybridized carbons (Fsp3) is 0.176. The van der Waals surface area contributed by atoms with Crippen molar-refractivity contribution in [2.75, 3.05) is 7.11 Å². The molecular weight excluding hydrogens is 422 g/mol. The van der Waals surface area contributed by atoms with Gasteiger partial charge < -0.3 is 9.26 Å². The fourth-order valence-corrected chi connectivity index (χ4v) is 3.78. The molecule has 0 aliphatic rings. The van der Waals surface area contributed by atoms with Gasteiger partial charge in [0.1, 0.15) is 5.75 Å². The van der Waals surface area contributed by atoms with Crippen LogP contribution >= 0.6 is 15.9 Å². The molecule has 0 saturated carbocycles. The minimum atomic E-state index is -3.72. The van der Waals surface area contributed by atoms with Gasteiger partial charge in [-0.3, -0.25) is 0 Å². The summed E-state index contributed by atoms with van der Waals surface area (Å²) in [5, 5.41) is 3.92. The number of halogens is 1. The number of nitrogens with one attached hydrogen (secondary N) is 1. The van der Waals surface area contributed by atoms with E-state index in [1.165, 1.54) is 12.1 Å². The van der Waals surface area contributed by atoms with E-state index >= 15 is 0 Å². The third-order valence-corrected chi connectivity index (χ3v) is 5.70. The number of ether oxygens (including phenoxy) is 1. The standard InChI is InChI=1S/C17H16BrN3O4S/c1-11(21-26(22,23)13-9-7-12(18)8-10-13)17-19-16(20-25-17)14-5-3-4-6-15(14)24-2/h3-11,21H,1-2H3/t11-/m1/s1. The monoisotopic (exact) mass is 437 g/mol. The second-order valence-corrected chi connectivity index (χ2v) is 8.08. The molecule has 0 fully saturated rings. The molecule has 0 aliphatic heterocycles. The van der Waals surface area contributed by atoms with E-state index in [1.807, 2.05) is 12.1 Å². The molecule has 7 nitrogen and oxygen atoms in total. The highest BCUT2D eigenvalue weighted by atomic mass is 79.9. The van der Waals surface area contributed by atoms with Crippen LogP contribution in [0.25, 0.3) is 11.4 Å². The van der Waals surface area contributed by atoms with E-state index in [2.05, 4.69) is 30.8 Å². The number of rotatable bonds is 6. The zero-order valence-corrected chi connectivity index (χ0v) is 16.4. The lowest BCUT2D eigenvalue weighted by Crippen LogP contribution is -2.27. The van der Waals surface area contributed by atoms with Crippen molar-refractivity contribution in [2.45, 2.75) is 17.9 Å². The van der Waals surface area contributed by atoms with Gasteiger partial charge in [-0.1, -0.05) is 33.2 Å². The van der Waals surface area contributed by atoms with Gasteiger partial charge in [-0.25, -0.2) is 8.42 Å². The SMILES string of the molecule is COc1ccccc1-c1noc([C@@H](C)NS(=O)(=O)c2ccc(Br)cc2)n1. The zero-order chi connectivity index (χ0) is 18.7. The van der Waals surface area contributed by atoms with Gasteiger partial charge in [-0.15, -0.1) is 0 Å². The van der Waals surface area contributed by atoms with Crippen LogP contribution in [0.1, 0.15) is 18.9 Å². The maximum absolute atomic E-state index is 12.5. The summed E-state index contributed by atoms with van der Waals surface area (Å²) >= 11 is 3.28. The molecule has 9 heteroatoms. The lowest BCUT2D eigenvalue weighted by molar-refractivity contribution is 0.353. The normalized spacial score (nSPS) is 12.7. The Bertz CT molecular complexity index is 1000. The summed E-state index contributed by atoms with van der Waals surface area (Å²) in [4.78, 5) is 4.44. The molecule has 26 heavy (non-hydrogen) atoms. The first-order chi connectivity index (χ1) is 12.4. The highest BCUT2D eigenvalue weighted by molar-refractivity contribution is 9.10. The first kappa shape index (κ1) is 18.6. The largest absolute Gasteiger partial charge is 0.496 e. The number of para-hydroxylation sites is 1. The van der Waals surface area contributed by atoms with Crippen molar-refractivity contribution in [3.8, 4) is 17.1 Å². The minimum absolute atomic E-state index is 0.150. The summed E-state index contributed by atoms with van der Waals surface area (Å²) in [5.74, 6) is 1.08. The second kappa shape index (κ2) is 7.56. The summed E-state index contributed by atoms with van der Waals surface area (Å²) in [5.41, 5.74) is 0.660. The molecule has 1 atom stereocenters. The molecule has 1 aromatic heterocycles. The number of nitrogens with zero attached hydrogens (tertiary/aromatic N) is 2. The quantitative estimate of drug-likeness (QED) is 0.633. The van der Waals surface area contributed by atoms with Crippen molar-refractivity contribution in [1.82, 2.24) is 14.9 Å². The minimum Gasteiger partial charge on any atom is -0.496 e. The second-order valence-electron chi connectivity index (χ2n) is 5.45. The van der Waals surface area contributed by atoms with E-state index < -0.39 is 16.1 Å². The molecule has 0 aliphatic carbocycles. The van der Waals surface area contributed by atoms with Crippen LogP contribution < -0.4 is 9.46 Å². The first-order valence-corrected chi connectivity index (χ1v) is 9.93. The molecular formula is C17H16BrN3O4S. The van der Waals surface area contributed by atoms with Crippen molar-refractivity contribution in [2.24, 2.45) is 0 Å². The molecule has 3 rings (SSSR count). The molecule has 1 N–H and O–H groups in total. The number of hydrogen-bond donors (Lipinski definition) is 1. The number of hydrogen-bond acceptors (Lipinski definition) is 6. The predicted molar refractivity (Wildman–Crippen MR) is 99.2 cm³/mol. The number of benzene rings is 2. The zero-order valence-electron chi connectivity index (χ0n) is 14.0. The van der Waals surface area contributed by atoms with Crippen molar-refractivity contribution < 1.29 is 17.7 Å². The topological polar surface area (TPSA) is 94.3 Å². The van der Waals surface area contributed by atoms with Crippen LogP contribution in [0.5, 0.6) is 5.75 Å². The van der Waals surface area contributed by atoms with Crippen LogP contribution in [0.4, 0.5) is 0 Å². The Balaban J connectivity index is 1.82. The van der Waals surface area contributed by atoms with E-state index in [4.69, 9.17) is 9.26 Å².